The molecule has 4 rings (SSSR count). The van der Waals surface area contributed by atoms with E-state index in [9.17, 15) is 9.59 Å². The lowest BCUT2D eigenvalue weighted by Crippen LogP contribution is -2.38. The topological polar surface area (TPSA) is 82.2 Å². The van der Waals surface area contributed by atoms with Gasteiger partial charge in [0, 0.05) is 31.7 Å². The van der Waals surface area contributed by atoms with Crippen LogP contribution in [0.5, 0.6) is 5.88 Å². The molecule has 1 aliphatic rings. The minimum atomic E-state index is -0.0834. The fraction of sp³-hybridized carbons (Fsp3) is 0.391. The first-order valence-corrected chi connectivity index (χ1v) is 10.6. The molecule has 8 heteroatoms. The molecule has 0 N–H and O–H groups in total. The summed E-state index contributed by atoms with van der Waals surface area (Å²) in [7, 11) is 1.52. The second-order valence-corrected chi connectivity index (χ2v) is 7.65. The second kappa shape index (κ2) is 9.16. The lowest BCUT2D eigenvalue weighted by Gasteiger charge is -2.31. The Morgan fingerprint density at radius 2 is 1.87 bits per heavy atom. The molecule has 31 heavy (non-hydrogen) atoms. The van der Waals surface area contributed by atoms with E-state index >= 15 is 0 Å². The number of pyridine rings is 1. The summed E-state index contributed by atoms with van der Waals surface area (Å²) in [4.78, 5) is 31.8. The Bertz CT molecular complexity index is 1100. The second-order valence-electron chi connectivity index (χ2n) is 7.65. The Kier molecular flexibility index (Phi) is 6.16. The van der Waals surface area contributed by atoms with Gasteiger partial charge in [0.1, 0.15) is 11.4 Å². The first kappa shape index (κ1) is 20.8. The lowest BCUT2D eigenvalue weighted by molar-refractivity contribution is 0.0706. The number of carbonyl (C=O) groups excluding carboxylic acids is 1. The van der Waals surface area contributed by atoms with E-state index in [0.29, 0.717) is 37.6 Å². The lowest BCUT2D eigenvalue weighted by atomic mass is 9.95. The van der Waals surface area contributed by atoms with Gasteiger partial charge in [-0.15, -0.1) is 0 Å². The maximum absolute atomic E-state index is 12.9. The Hall–Kier alpha value is -3.42. The van der Waals surface area contributed by atoms with Gasteiger partial charge in [-0.3, -0.25) is 9.36 Å². The highest BCUT2D eigenvalue weighted by Crippen LogP contribution is 2.28. The number of rotatable bonds is 6. The van der Waals surface area contributed by atoms with Crippen LogP contribution in [0.4, 0.5) is 0 Å². The number of hydrogen-bond donors (Lipinski definition) is 0. The monoisotopic (exact) mass is 421 g/mol. The summed E-state index contributed by atoms with van der Waals surface area (Å²) in [5, 5.41) is 4.69. The van der Waals surface area contributed by atoms with E-state index in [1.807, 2.05) is 42.2 Å². The number of aromatic nitrogens is 4. The van der Waals surface area contributed by atoms with Crippen molar-refractivity contribution in [1.29, 1.82) is 0 Å². The minimum absolute atomic E-state index is 0.0779. The molecule has 0 spiro atoms. The van der Waals surface area contributed by atoms with Gasteiger partial charge in [-0.1, -0.05) is 30.3 Å². The quantitative estimate of drug-likeness (QED) is 0.611. The fourth-order valence-corrected chi connectivity index (χ4v) is 4.14. The standard InChI is InChI=1S/C23H27N5O3/c1-3-27-20(25-28(23(27)30)16-17-8-5-4-6-9-17)18-11-14-26(15-12-18)22(29)19-10-7-13-24-21(19)31-2/h4-10,13,18H,3,11-12,14-16H2,1-2H3. The predicted molar refractivity (Wildman–Crippen MR) is 116 cm³/mol. The smallest absolute Gasteiger partial charge is 0.346 e. The summed E-state index contributed by atoms with van der Waals surface area (Å²) >= 11 is 0. The molecule has 1 saturated heterocycles. The molecule has 0 radical (unpaired) electrons. The van der Waals surface area contributed by atoms with Crippen LogP contribution in [0.1, 0.15) is 47.4 Å². The molecule has 1 amide bonds. The van der Waals surface area contributed by atoms with Crippen molar-refractivity contribution in [2.75, 3.05) is 20.2 Å². The van der Waals surface area contributed by atoms with Gasteiger partial charge in [-0.2, -0.15) is 5.10 Å². The molecule has 0 saturated carbocycles. The SMILES string of the molecule is CCn1c(C2CCN(C(=O)c3cccnc3OC)CC2)nn(Cc2ccccc2)c1=O. The maximum atomic E-state index is 12.9. The van der Waals surface area contributed by atoms with Crippen LogP contribution >= 0.6 is 0 Å². The van der Waals surface area contributed by atoms with E-state index in [4.69, 9.17) is 4.74 Å². The number of amides is 1. The molecule has 2 aromatic heterocycles. The van der Waals surface area contributed by atoms with Crippen LogP contribution in [0.2, 0.25) is 0 Å². The van der Waals surface area contributed by atoms with Gasteiger partial charge in [0.05, 0.1) is 13.7 Å². The highest BCUT2D eigenvalue weighted by atomic mass is 16.5. The zero-order chi connectivity index (χ0) is 21.8. The van der Waals surface area contributed by atoms with Gasteiger partial charge in [0.25, 0.3) is 5.91 Å². The summed E-state index contributed by atoms with van der Waals surface area (Å²) in [6.07, 6.45) is 3.13. The Balaban J connectivity index is 1.49. The summed E-state index contributed by atoms with van der Waals surface area (Å²) in [6.45, 7) is 4.20. The van der Waals surface area contributed by atoms with E-state index in [1.165, 1.54) is 7.11 Å². The predicted octanol–water partition coefficient (Wildman–Crippen LogP) is 2.54. The van der Waals surface area contributed by atoms with Crippen LogP contribution in [-0.2, 0) is 13.1 Å². The molecule has 0 unspecified atom stereocenters. The van der Waals surface area contributed by atoms with Crippen LogP contribution in [0.25, 0.3) is 0 Å². The molecular formula is C23H27N5O3. The molecule has 1 aliphatic heterocycles. The van der Waals surface area contributed by atoms with Crippen LogP contribution in [0, 0.1) is 0 Å². The third-order valence-corrected chi connectivity index (χ3v) is 5.79. The Morgan fingerprint density at radius 1 is 1.13 bits per heavy atom. The zero-order valence-corrected chi connectivity index (χ0v) is 17.9. The molecule has 0 atom stereocenters. The average Bonchev–Trinajstić information content (AvgIpc) is 3.14. The number of ether oxygens (including phenoxy) is 1. The Morgan fingerprint density at radius 3 is 2.55 bits per heavy atom. The number of methoxy groups -OCH3 is 1. The number of hydrogen-bond acceptors (Lipinski definition) is 5. The Labute approximate surface area is 181 Å². The van der Waals surface area contributed by atoms with Crippen molar-refractivity contribution in [2.24, 2.45) is 0 Å². The molecule has 162 valence electrons. The van der Waals surface area contributed by atoms with Crippen molar-refractivity contribution in [1.82, 2.24) is 24.2 Å². The average molecular weight is 422 g/mol. The van der Waals surface area contributed by atoms with Crippen LogP contribution in [0.3, 0.4) is 0 Å². The van der Waals surface area contributed by atoms with Gasteiger partial charge in [-0.05, 0) is 37.5 Å². The highest BCUT2D eigenvalue weighted by molar-refractivity contribution is 5.96. The number of piperidine rings is 1. The number of carbonyl (C=O) groups is 1. The van der Waals surface area contributed by atoms with E-state index in [2.05, 4.69) is 10.1 Å². The van der Waals surface area contributed by atoms with Crippen molar-refractivity contribution < 1.29 is 9.53 Å². The normalized spacial score (nSPS) is 14.6. The van der Waals surface area contributed by atoms with Crippen LogP contribution in [0.15, 0.2) is 53.5 Å². The molecule has 1 fully saturated rings. The minimum Gasteiger partial charge on any atom is -0.480 e. The largest absolute Gasteiger partial charge is 0.480 e. The summed E-state index contributed by atoms with van der Waals surface area (Å²) in [6, 6.07) is 13.3. The summed E-state index contributed by atoms with van der Waals surface area (Å²) in [5.41, 5.74) is 1.43. The molecule has 8 nitrogen and oxygen atoms in total. The molecular weight excluding hydrogens is 394 g/mol. The molecule has 1 aromatic carbocycles. The van der Waals surface area contributed by atoms with Crippen molar-refractivity contribution in [2.45, 2.75) is 38.8 Å². The van der Waals surface area contributed by atoms with Gasteiger partial charge in [-0.25, -0.2) is 14.5 Å². The van der Waals surface area contributed by atoms with E-state index in [0.717, 1.165) is 24.2 Å². The highest BCUT2D eigenvalue weighted by Gasteiger charge is 2.29. The molecule has 0 aliphatic carbocycles. The first-order chi connectivity index (χ1) is 15.1. The number of likely N-dealkylation sites (tertiary alicyclic amines) is 1. The van der Waals surface area contributed by atoms with E-state index in [-0.39, 0.29) is 17.5 Å². The number of benzene rings is 1. The van der Waals surface area contributed by atoms with Gasteiger partial charge >= 0.3 is 5.69 Å². The van der Waals surface area contributed by atoms with Gasteiger partial charge in [0.2, 0.25) is 5.88 Å². The summed E-state index contributed by atoms with van der Waals surface area (Å²) < 4.78 is 8.54. The van der Waals surface area contributed by atoms with Gasteiger partial charge in [0.15, 0.2) is 0 Å². The molecule has 3 heterocycles. The first-order valence-electron chi connectivity index (χ1n) is 10.6. The number of nitrogens with zero attached hydrogens (tertiary/aromatic N) is 5. The molecule has 0 bridgehead atoms. The van der Waals surface area contributed by atoms with Crippen LogP contribution < -0.4 is 10.4 Å². The zero-order valence-electron chi connectivity index (χ0n) is 17.9. The third-order valence-electron chi connectivity index (χ3n) is 5.79. The summed E-state index contributed by atoms with van der Waals surface area (Å²) in [5.74, 6) is 1.22. The van der Waals surface area contributed by atoms with Crippen molar-refractivity contribution in [3.63, 3.8) is 0 Å². The molecule has 3 aromatic rings. The van der Waals surface area contributed by atoms with Gasteiger partial charge < -0.3 is 9.64 Å². The van der Waals surface area contributed by atoms with Crippen molar-refractivity contribution in [3.05, 3.63) is 76.1 Å². The van der Waals surface area contributed by atoms with Crippen molar-refractivity contribution >= 4 is 5.91 Å². The van der Waals surface area contributed by atoms with Crippen LogP contribution in [-0.4, -0.2) is 50.3 Å². The maximum Gasteiger partial charge on any atom is 0.346 e. The van der Waals surface area contributed by atoms with E-state index in [1.54, 1.807) is 27.6 Å². The third kappa shape index (κ3) is 4.23. The fourth-order valence-electron chi connectivity index (χ4n) is 4.14. The van der Waals surface area contributed by atoms with E-state index < -0.39 is 0 Å². The van der Waals surface area contributed by atoms with Crippen molar-refractivity contribution in [3.8, 4) is 5.88 Å².